The second-order valence-electron chi connectivity index (χ2n) is 6.74. The van der Waals surface area contributed by atoms with Crippen molar-refractivity contribution >= 4 is 35.4 Å². The average molecular weight is 417 g/mol. The molecule has 0 saturated carbocycles. The third-order valence-electron chi connectivity index (χ3n) is 4.42. The normalized spacial score (nSPS) is 15.3. The van der Waals surface area contributed by atoms with E-state index in [-0.39, 0.29) is 36.0 Å². The summed E-state index contributed by atoms with van der Waals surface area (Å²) in [6, 6.07) is 9.60. The SMILES string of the molecule is Cc1cc(NC(=O)CSCC(=O)OCC(=O)N[C@@H]2CCCc3ccccc32)no1. The molecule has 9 heteroatoms. The van der Waals surface area contributed by atoms with E-state index in [1.807, 2.05) is 18.2 Å². The van der Waals surface area contributed by atoms with Crippen LogP contribution in [-0.2, 0) is 25.5 Å². The number of carbonyl (C=O) groups excluding carboxylic acids is 3. The summed E-state index contributed by atoms with van der Waals surface area (Å²) in [6.45, 7) is 1.39. The Hall–Kier alpha value is -2.81. The summed E-state index contributed by atoms with van der Waals surface area (Å²) >= 11 is 1.10. The second kappa shape index (κ2) is 10.1. The summed E-state index contributed by atoms with van der Waals surface area (Å²) in [5.41, 5.74) is 2.37. The number of fused-ring (bicyclic) bond motifs is 1. The molecule has 29 heavy (non-hydrogen) atoms. The molecule has 2 amide bonds. The average Bonchev–Trinajstić information content (AvgIpc) is 3.11. The number of thioether (sulfide) groups is 1. The number of ether oxygens (including phenoxy) is 1. The van der Waals surface area contributed by atoms with Gasteiger partial charge in [0, 0.05) is 6.07 Å². The molecule has 1 aliphatic rings. The predicted molar refractivity (Wildman–Crippen MR) is 108 cm³/mol. The van der Waals surface area contributed by atoms with E-state index < -0.39 is 5.97 Å². The van der Waals surface area contributed by atoms with Crippen molar-refractivity contribution in [3.05, 3.63) is 47.2 Å². The highest BCUT2D eigenvalue weighted by Gasteiger charge is 2.21. The summed E-state index contributed by atoms with van der Waals surface area (Å²) in [7, 11) is 0. The van der Waals surface area contributed by atoms with E-state index in [1.54, 1.807) is 13.0 Å². The predicted octanol–water partition coefficient (Wildman–Crippen LogP) is 2.39. The Kier molecular flexibility index (Phi) is 7.29. The summed E-state index contributed by atoms with van der Waals surface area (Å²) in [4.78, 5) is 35.7. The van der Waals surface area contributed by atoms with E-state index in [4.69, 9.17) is 9.26 Å². The van der Waals surface area contributed by atoms with Crippen LogP contribution in [0.1, 0.15) is 35.8 Å². The van der Waals surface area contributed by atoms with Gasteiger partial charge in [0.2, 0.25) is 5.91 Å². The quantitative estimate of drug-likeness (QED) is 0.635. The van der Waals surface area contributed by atoms with Crippen LogP contribution in [0, 0.1) is 6.92 Å². The van der Waals surface area contributed by atoms with Crippen molar-refractivity contribution in [2.45, 2.75) is 32.2 Å². The lowest BCUT2D eigenvalue weighted by molar-refractivity contribution is -0.146. The molecule has 1 aliphatic carbocycles. The van der Waals surface area contributed by atoms with Crippen LogP contribution >= 0.6 is 11.8 Å². The molecule has 2 aromatic rings. The zero-order valence-corrected chi connectivity index (χ0v) is 16.9. The maximum absolute atomic E-state index is 12.1. The van der Waals surface area contributed by atoms with Crippen LogP contribution in [0.2, 0.25) is 0 Å². The molecule has 0 bridgehead atoms. The molecule has 1 aromatic carbocycles. The van der Waals surface area contributed by atoms with Crippen LogP contribution in [0.25, 0.3) is 0 Å². The number of esters is 1. The molecule has 8 nitrogen and oxygen atoms in total. The molecule has 3 rings (SSSR count). The molecule has 0 unspecified atom stereocenters. The number of carbonyl (C=O) groups is 3. The molecule has 0 radical (unpaired) electrons. The van der Waals surface area contributed by atoms with Gasteiger partial charge in [-0.3, -0.25) is 14.4 Å². The minimum Gasteiger partial charge on any atom is -0.455 e. The molecule has 0 saturated heterocycles. The van der Waals surface area contributed by atoms with Gasteiger partial charge in [-0.1, -0.05) is 29.4 Å². The van der Waals surface area contributed by atoms with Crippen LogP contribution in [0.3, 0.4) is 0 Å². The van der Waals surface area contributed by atoms with Gasteiger partial charge in [-0.25, -0.2) is 0 Å². The zero-order chi connectivity index (χ0) is 20.6. The summed E-state index contributed by atoms with van der Waals surface area (Å²) in [5.74, 6) is -0.215. The molecule has 0 aliphatic heterocycles. The number of anilines is 1. The van der Waals surface area contributed by atoms with Crippen molar-refractivity contribution in [1.82, 2.24) is 10.5 Å². The topological polar surface area (TPSA) is 111 Å². The molecule has 1 atom stereocenters. The standard InChI is InChI=1S/C20H23N3O5S/c1-13-9-17(23-28-13)22-19(25)11-29-12-20(26)27-10-18(24)21-16-8-4-6-14-5-2-3-7-15(14)16/h2-3,5,7,9,16H,4,6,8,10-12H2,1H3,(H,21,24)(H,22,23,25)/t16-/m1/s1. The van der Waals surface area contributed by atoms with Crippen molar-refractivity contribution in [2.24, 2.45) is 0 Å². The van der Waals surface area contributed by atoms with Crippen LogP contribution < -0.4 is 10.6 Å². The summed E-state index contributed by atoms with van der Waals surface area (Å²) in [6.07, 6.45) is 2.89. The monoisotopic (exact) mass is 417 g/mol. The Morgan fingerprint density at radius 1 is 1.24 bits per heavy atom. The first-order chi connectivity index (χ1) is 14.0. The molecular weight excluding hydrogens is 394 g/mol. The van der Waals surface area contributed by atoms with E-state index in [0.29, 0.717) is 11.6 Å². The summed E-state index contributed by atoms with van der Waals surface area (Å²) < 4.78 is 9.86. The molecular formula is C20H23N3O5S. The molecule has 0 fully saturated rings. The maximum atomic E-state index is 12.1. The first kappa shape index (κ1) is 20.9. The fourth-order valence-electron chi connectivity index (χ4n) is 3.16. The first-order valence-electron chi connectivity index (χ1n) is 9.35. The Morgan fingerprint density at radius 3 is 2.86 bits per heavy atom. The molecule has 1 aromatic heterocycles. The number of nitrogens with zero attached hydrogens (tertiary/aromatic N) is 1. The minimum atomic E-state index is -0.542. The van der Waals surface area contributed by atoms with Gasteiger partial charge in [0.05, 0.1) is 17.5 Å². The zero-order valence-electron chi connectivity index (χ0n) is 16.1. The van der Waals surface area contributed by atoms with Crippen molar-refractivity contribution in [2.75, 3.05) is 23.4 Å². The minimum absolute atomic E-state index is 0.0230. The molecule has 154 valence electrons. The van der Waals surface area contributed by atoms with Gasteiger partial charge in [-0.2, -0.15) is 0 Å². The van der Waals surface area contributed by atoms with Crippen LogP contribution in [0.15, 0.2) is 34.9 Å². The largest absolute Gasteiger partial charge is 0.455 e. The Labute approximate surface area is 172 Å². The van der Waals surface area contributed by atoms with Crippen LogP contribution in [-0.4, -0.2) is 41.1 Å². The van der Waals surface area contributed by atoms with Gasteiger partial charge in [0.25, 0.3) is 5.91 Å². The fraction of sp³-hybridized carbons (Fsp3) is 0.400. The highest BCUT2D eigenvalue weighted by molar-refractivity contribution is 8.00. The number of rotatable bonds is 8. The highest BCUT2D eigenvalue weighted by Crippen LogP contribution is 2.29. The third-order valence-corrected chi connectivity index (χ3v) is 5.32. The van der Waals surface area contributed by atoms with Gasteiger partial charge in [-0.05, 0) is 37.3 Å². The van der Waals surface area contributed by atoms with E-state index >= 15 is 0 Å². The van der Waals surface area contributed by atoms with E-state index in [1.165, 1.54) is 5.56 Å². The number of hydrogen-bond donors (Lipinski definition) is 2. The Morgan fingerprint density at radius 2 is 2.07 bits per heavy atom. The Balaban J connectivity index is 1.33. The lowest BCUT2D eigenvalue weighted by Gasteiger charge is -2.26. The smallest absolute Gasteiger partial charge is 0.316 e. The van der Waals surface area contributed by atoms with E-state index in [9.17, 15) is 14.4 Å². The second-order valence-corrected chi connectivity index (χ2v) is 7.72. The number of aromatic nitrogens is 1. The lowest BCUT2D eigenvalue weighted by atomic mass is 9.88. The van der Waals surface area contributed by atoms with Crippen molar-refractivity contribution in [1.29, 1.82) is 0 Å². The fourth-order valence-corrected chi connectivity index (χ4v) is 3.77. The number of aryl methyl sites for hydroxylation is 2. The third kappa shape index (κ3) is 6.35. The van der Waals surface area contributed by atoms with Crippen LogP contribution in [0.5, 0.6) is 0 Å². The summed E-state index contributed by atoms with van der Waals surface area (Å²) in [5, 5.41) is 9.15. The molecule has 1 heterocycles. The van der Waals surface area contributed by atoms with Gasteiger partial charge >= 0.3 is 5.97 Å². The highest BCUT2D eigenvalue weighted by atomic mass is 32.2. The van der Waals surface area contributed by atoms with E-state index in [0.717, 1.165) is 36.6 Å². The first-order valence-corrected chi connectivity index (χ1v) is 10.5. The number of benzene rings is 1. The Bertz CT molecular complexity index is 883. The van der Waals surface area contributed by atoms with Crippen LogP contribution in [0.4, 0.5) is 5.82 Å². The lowest BCUT2D eigenvalue weighted by Crippen LogP contribution is -2.34. The van der Waals surface area contributed by atoms with Gasteiger partial charge < -0.3 is 19.9 Å². The maximum Gasteiger partial charge on any atom is 0.316 e. The number of nitrogens with one attached hydrogen (secondary N) is 2. The number of amides is 2. The van der Waals surface area contributed by atoms with E-state index in [2.05, 4.69) is 21.9 Å². The van der Waals surface area contributed by atoms with Crippen molar-refractivity contribution < 1.29 is 23.6 Å². The molecule has 0 spiro atoms. The number of hydrogen-bond acceptors (Lipinski definition) is 7. The molecule has 2 N–H and O–H groups in total. The van der Waals surface area contributed by atoms with Crippen molar-refractivity contribution in [3.63, 3.8) is 0 Å². The van der Waals surface area contributed by atoms with Gasteiger partial charge in [-0.15, -0.1) is 11.8 Å². The van der Waals surface area contributed by atoms with Gasteiger partial charge in [0.15, 0.2) is 12.4 Å². The van der Waals surface area contributed by atoms with Gasteiger partial charge in [0.1, 0.15) is 5.76 Å². The van der Waals surface area contributed by atoms with Crippen molar-refractivity contribution in [3.8, 4) is 0 Å².